The Kier molecular flexibility index (Phi) is 4.67. The number of rotatable bonds is 4. The Morgan fingerprint density at radius 3 is 2.59 bits per heavy atom. The highest BCUT2D eigenvalue weighted by molar-refractivity contribution is 6.03. The van der Waals surface area contributed by atoms with Gasteiger partial charge >= 0.3 is 5.97 Å². The molecule has 3 aromatic heterocycles. The number of carbonyl (C=O) groups excluding carboxylic acids is 1. The highest BCUT2D eigenvalue weighted by Gasteiger charge is 2.60. The molecule has 0 bridgehead atoms. The number of pyridine rings is 1. The molecule has 0 amide bonds. The number of aryl methyl sites for hydroxylation is 2. The lowest BCUT2D eigenvalue weighted by atomic mass is 10.0. The molecule has 8 nitrogen and oxygen atoms in total. The second kappa shape index (κ2) is 7.86. The fourth-order valence-corrected chi connectivity index (χ4v) is 5.99. The number of aromatic nitrogens is 5. The molecule has 0 N–H and O–H groups in total. The van der Waals surface area contributed by atoms with Crippen molar-refractivity contribution in [2.24, 2.45) is 24.8 Å². The van der Waals surface area contributed by atoms with Crippen LogP contribution >= 0.6 is 0 Å². The van der Waals surface area contributed by atoms with Gasteiger partial charge in [-0.3, -0.25) is 9.48 Å². The number of benzene rings is 2. The Balaban J connectivity index is 1.28. The molecule has 0 spiro atoms. The standard InChI is InChI=1S/C28H25FN6O2/c1-15-22(29)9-8-18-26(17-5-4-6-23-19(17)12-33(2)31-23)32-35(27(15)18)16-7-10-24(30-11-16)34-13-20-21(14-34)25(20)28(36)37-3/h4-12,20-21,25H,13-14H2,1-3H3/t20-,21+,25?. The maximum absolute atomic E-state index is 14.7. The molecule has 1 aliphatic heterocycles. The summed E-state index contributed by atoms with van der Waals surface area (Å²) in [7, 11) is 3.34. The van der Waals surface area contributed by atoms with E-state index in [-0.39, 0.29) is 17.7 Å². The van der Waals surface area contributed by atoms with E-state index in [2.05, 4.69) is 10.00 Å². The molecule has 4 heterocycles. The van der Waals surface area contributed by atoms with E-state index in [1.165, 1.54) is 13.2 Å². The molecule has 37 heavy (non-hydrogen) atoms. The van der Waals surface area contributed by atoms with Crippen LogP contribution in [-0.2, 0) is 16.6 Å². The molecule has 1 saturated carbocycles. The van der Waals surface area contributed by atoms with Crippen molar-refractivity contribution in [3.63, 3.8) is 0 Å². The Bertz CT molecular complexity index is 1690. The first kappa shape index (κ1) is 22.0. The van der Waals surface area contributed by atoms with Gasteiger partial charge in [0.25, 0.3) is 0 Å². The summed E-state index contributed by atoms with van der Waals surface area (Å²) in [5, 5.41) is 11.4. The molecule has 2 aliphatic rings. The SMILES string of the molecule is COC(=O)C1[C@H]2CN(c3ccc(-n4nc(-c5cccc6nn(C)cc56)c5ccc(F)c(C)c54)cn3)C[C@@H]12. The number of ether oxygens (including phenoxy) is 1. The number of hydrogen-bond acceptors (Lipinski definition) is 6. The highest BCUT2D eigenvalue weighted by Crippen LogP contribution is 2.52. The number of hydrogen-bond donors (Lipinski definition) is 0. The fourth-order valence-electron chi connectivity index (χ4n) is 5.99. The van der Waals surface area contributed by atoms with Crippen LogP contribution in [0.4, 0.5) is 10.2 Å². The Morgan fingerprint density at radius 2 is 1.86 bits per heavy atom. The maximum Gasteiger partial charge on any atom is 0.309 e. The maximum atomic E-state index is 14.7. The van der Waals surface area contributed by atoms with Crippen molar-refractivity contribution in [1.29, 1.82) is 0 Å². The fraction of sp³-hybridized carbons (Fsp3) is 0.286. The number of piperidine rings is 1. The van der Waals surface area contributed by atoms with E-state index in [1.54, 1.807) is 28.6 Å². The van der Waals surface area contributed by atoms with E-state index in [0.29, 0.717) is 22.9 Å². The van der Waals surface area contributed by atoms with Gasteiger partial charge in [0.1, 0.15) is 17.3 Å². The Morgan fingerprint density at radius 1 is 1.05 bits per heavy atom. The third-order valence-corrected chi connectivity index (χ3v) is 7.92. The summed E-state index contributed by atoms with van der Waals surface area (Å²) >= 11 is 0. The van der Waals surface area contributed by atoms with Crippen LogP contribution in [-0.4, -0.2) is 50.7 Å². The minimum Gasteiger partial charge on any atom is -0.469 e. The topological polar surface area (TPSA) is 78.1 Å². The average Bonchev–Trinajstić information content (AvgIpc) is 3.26. The van der Waals surface area contributed by atoms with E-state index in [1.807, 2.05) is 43.6 Å². The molecule has 5 aromatic rings. The van der Waals surface area contributed by atoms with E-state index in [9.17, 15) is 9.18 Å². The first-order valence-electron chi connectivity index (χ1n) is 12.3. The third-order valence-electron chi connectivity index (χ3n) is 7.92. The van der Waals surface area contributed by atoms with Gasteiger partial charge in [-0.05, 0) is 49.1 Å². The first-order valence-corrected chi connectivity index (χ1v) is 12.3. The number of esters is 1. The van der Waals surface area contributed by atoms with Gasteiger partial charge in [-0.25, -0.2) is 14.1 Å². The van der Waals surface area contributed by atoms with Crippen molar-refractivity contribution >= 4 is 33.6 Å². The number of carbonyl (C=O) groups is 1. The minimum absolute atomic E-state index is 0.0246. The zero-order valence-electron chi connectivity index (χ0n) is 20.7. The van der Waals surface area contributed by atoms with Gasteiger partial charge in [0, 0.05) is 48.2 Å². The van der Waals surface area contributed by atoms with Crippen LogP contribution < -0.4 is 4.90 Å². The van der Waals surface area contributed by atoms with Gasteiger partial charge in [0.05, 0.1) is 35.9 Å². The van der Waals surface area contributed by atoms with Crippen molar-refractivity contribution < 1.29 is 13.9 Å². The number of anilines is 1. The van der Waals surface area contributed by atoms with Crippen LogP contribution in [0.2, 0.25) is 0 Å². The van der Waals surface area contributed by atoms with Gasteiger partial charge < -0.3 is 9.64 Å². The van der Waals surface area contributed by atoms with Gasteiger partial charge in [-0.1, -0.05) is 12.1 Å². The molecule has 186 valence electrons. The van der Waals surface area contributed by atoms with Crippen LogP contribution in [0.3, 0.4) is 0 Å². The van der Waals surface area contributed by atoms with Gasteiger partial charge in [-0.2, -0.15) is 10.2 Å². The number of halogens is 1. The molecule has 1 unspecified atom stereocenters. The lowest BCUT2D eigenvalue weighted by molar-refractivity contribution is -0.142. The molecule has 1 aliphatic carbocycles. The summed E-state index contributed by atoms with van der Waals surface area (Å²) in [5.41, 5.74) is 4.60. The lowest BCUT2D eigenvalue weighted by Crippen LogP contribution is -2.27. The summed E-state index contributed by atoms with van der Waals surface area (Å²) in [6, 6.07) is 13.2. The van der Waals surface area contributed by atoms with Gasteiger partial charge in [0.15, 0.2) is 0 Å². The highest BCUT2D eigenvalue weighted by atomic mass is 19.1. The second-order valence-electron chi connectivity index (χ2n) is 10.0. The molecular formula is C28H25FN6O2. The minimum atomic E-state index is -0.277. The second-order valence-corrected chi connectivity index (χ2v) is 10.0. The van der Waals surface area contributed by atoms with Crippen molar-refractivity contribution in [3.05, 3.63) is 66.2 Å². The molecule has 2 fully saturated rings. The van der Waals surface area contributed by atoms with Crippen LogP contribution in [0, 0.1) is 30.5 Å². The van der Waals surface area contributed by atoms with E-state index in [4.69, 9.17) is 14.8 Å². The zero-order valence-corrected chi connectivity index (χ0v) is 20.7. The normalized spacial score (nSPS) is 20.5. The zero-order chi connectivity index (χ0) is 25.4. The summed E-state index contributed by atoms with van der Waals surface area (Å²) in [6.45, 7) is 3.37. The number of nitrogens with zero attached hydrogens (tertiary/aromatic N) is 6. The average molecular weight is 497 g/mol. The van der Waals surface area contributed by atoms with Crippen LogP contribution in [0.15, 0.2) is 54.9 Å². The summed E-state index contributed by atoms with van der Waals surface area (Å²) < 4.78 is 23.2. The van der Waals surface area contributed by atoms with Gasteiger partial charge in [0.2, 0.25) is 0 Å². The van der Waals surface area contributed by atoms with Crippen molar-refractivity contribution in [2.45, 2.75) is 6.92 Å². The van der Waals surface area contributed by atoms with Crippen molar-refractivity contribution in [3.8, 4) is 16.9 Å². The molecule has 7 rings (SSSR count). The quantitative estimate of drug-likeness (QED) is 0.346. The van der Waals surface area contributed by atoms with Gasteiger partial charge in [-0.15, -0.1) is 0 Å². The van der Waals surface area contributed by atoms with E-state index >= 15 is 0 Å². The summed E-state index contributed by atoms with van der Waals surface area (Å²) in [4.78, 5) is 18.8. The lowest BCUT2D eigenvalue weighted by Gasteiger charge is -2.20. The Hall–Kier alpha value is -4.27. The number of fused-ring (bicyclic) bond motifs is 3. The third kappa shape index (κ3) is 3.26. The van der Waals surface area contributed by atoms with E-state index < -0.39 is 0 Å². The Labute approximate surface area is 212 Å². The molecule has 3 atom stereocenters. The summed E-state index contributed by atoms with van der Waals surface area (Å²) in [6.07, 6.45) is 3.76. The summed E-state index contributed by atoms with van der Waals surface area (Å²) in [5.74, 6) is 1.18. The molecule has 2 aromatic carbocycles. The number of methoxy groups -OCH3 is 1. The van der Waals surface area contributed by atoms with Crippen LogP contribution in [0.1, 0.15) is 5.56 Å². The largest absolute Gasteiger partial charge is 0.469 e. The van der Waals surface area contributed by atoms with Crippen LogP contribution in [0.5, 0.6) is 0 Å². The monoisotopic (exact) mass is 496 g/mol. The smallest absolute Gasteiger partial charge is 0.309 e. The van der Waals surface area contributed by atoms with Crippen LogP contribution in [0.25, 0.3) is 38.8 Å². The van der Waals surface area contributed by atoms with Crippen molar-refractivity contribution in [1.82, 2.24) is 24.5 Å². The predicted octanol–water partition coefficient (Wildman–Crippen LogP) is 4.28. The predicted molar refractivity (Wildman–Crippen MR) is 138 cm³/mol. The first-order chi connectivity index (χ1) is 17.9. The van der Waals surface area contributed by atoms with Crippen molar-refractivity contribution in [2.75, 3.05) is 25.1 Å². The molecule has 1 saturated heterocycles. The molecule has 9 heteroatoms. The van der Waals surface area contributed by atoms with E-state index in [0.717, 1.165) is 52.1 Å². The molecular weight excluding hydrogens is 471 g/mol. The molecule has 0 radical (unpaired) electrons.